The number of nitrogens with one attached hydrogen (secondary N) is 1. The zero-order valence-corrected chi connectivity index (χ0v) is 12.4. The van der Waals surface area contributed by atoms with Gasteiger partial charge in [-0.1, -0.05) is 29.8 Å². The normalized spacial score (nSPS) is 18.4. The molecule has 0 aliphatic carbocycles. The van der Waals surface area contributed by atoms with Crippen molar-refractivity contribution in [2.45, 2.75) is 18.6 Å². The molecule has 0 unspecified atom stereocenters. The van der Waals surface area contributed by atoms with Crippen molar-refractivity contribution in [2.24, 2.45) is 0 Å². The van der Waals surface area contributed by atoms with E-state index in [1.807, 2.05) is 4.90 Å². The highest BCUT2D eigenvalue weighted by Gasteiger charge is 2.36. The molecule has 1 saturated heterocycles. The summed E-state index contributed by atoms with van der Waals surface area (Å²) in [5, 5.41) is 3.54. The van der Waals surface area contributed by atoms with Gasteiger partial charge in [0.05, 0.1) is 6.42 Å². The monoisotopic (exact) mass is 328 g/mol. The van der Waals surface area contributed by atoms with E-state index in [9.17, 15) is 13.2 Å². The highest BCUT2D eigenvalue weighted by molar-refractivity contribution is 6.31. The smallest absolute Gasteiger partial charge is 0.314 e. The average Bonchev–Trinajstić information content (AvgIpc) is 2.37. The van der Waals surface area contributed by atoms with E-state index in [0.717, 1.165) is 0 Å². The Bertz CT molecular complexity index is 420. The Hall–Kier alpha value is -0.490. The lowest BCUT2D eigenvalue weighted by Gasteiger charge is -2.36. The van der Waals surface area contributed by atoms with E-state index in [0.29, 0.717) is 36.8 Å². The Kier molecular flexibility index (Phi) is 6.58. The van der Waals surface area contributed by atoms with Crippen molar-refractivity contribution in [3.05, 3.63) is 34.9 Å². The maximum Gasteiger partial charge on any atom is 0.390 e. The van der Waals surface area contributed by atoms with E-state index in [1.54, 1.807) is 24.3 Å². The van der Waals surface area contributed by atoms with Gasteiger partial charge < -0.3 is 5.32 Å². The average molecular weight is 329 g/mol. The van der Waals surface area contributed by atoms with Gasteiger partial charge in [-0.3, -0.25) is 4.90 Å². The van der Waals surface area contributed by atoms with E-state index in [1.165, 1.54) is 0 Å². The van der Waals surface area contributed by atoms with Gasteiger partial charge in [0.1, 0.15) is 0 Å². The van der Waals surface area contributed by atoms with E-state index in [4.69, 9.17) is 11.6 Å². The highest BCUT2D eigenvalue weighted by Crippen LogP contribution is 2.36. The van der Waals surface area contributed by atoms with Gasteiger partial charge in [0.2, 0.25) is 0 Å². The third-order valence-corrected chi connectivity index (χ3v) is 3.63. The molecule has 0 aromatic heterocycles. The molecule has 114 valence electrons. The predicted octanol–water partition coefficient (Wildman–Crippen LogP) is 3.66. The third kappa shape index (κ3) is 4.81. The van der Waals surface area contributed by atoms with Gasteiger partial charge in [0.15, 0.2) is 0 Å². The summed E-state index contributed by atoms with van der Waals surface area (Å²) in [5.74, 6) is 0. The maximum atomic E-state index is 12.8. The molecule has 1 aromatic rings. The maximum absolute atomic E-state index is 12.8. The van der Waals surface area contributed by atoms with Crippen LogP contribution in [0.4, 0.5) is 13.2 Å². The minimum absolute atomic E-state index is 0. The Labute approximate surface area is 127 Å². The molecule has 1 aliphatic rings. The fraction of sp³-hybridized carbons (Fsp3) is 0.538. The van der Waals surface area contributed by atoms with Gasteiger partial charge in [0.25, 0.3) is 0 Å². The number of alkyl halides is 3. The van der Waals surface area contributed by atoms with Gasteiger partial charge in [-0.25, -0.2) is 0 Å². The van der Waals surface area contributed by atoms with Crippen molar-refractivity contribution in [3.8, 4) is 0 Å². The standard InChI is InChI=1S/C13H16ClF3N2.ClH/c14-11-4-2-1-3-10(11)12(9-13(15,16)17)19-7-5-18-6-8-19;/h1-4,12,18H,5-9H2;1H/t12-;/m1./s1. The molecule has 1 atom stereocenters. The Morgan fingerprint density at radius 1 is 1.20 bits per heavy atom. The molecule has 20 heavy (non-hydrogen) atoms. The molecule has 1 fully saturated rings. The number of hydrogen-bond donors (Lipinski definition) is 1. The van der Waals surface area contributed by atoms with E-state index >= 15 is 0 Å². The first-order chi connectivity index (χ1) is 8.97. The lowest BCUT2D eigenvalue weighted by Crippen LogP contribution is -2.46. The molecule has 1 aromatic carbocycles. The first kappa shape index (κ1) is 17.6. The molecule has 0 saturated carbocycles. The summed E-state index contributed by atoms with van der Waals surface area (Å²) < 4.78 is 38.4. The van der Waals surface area contributed by atoms with Crippen molar-refractivity contribution >= 4 is 24.0 Å². The lowest BCUT2D eigenvalue weighted by atomic mass is 10.0. The van der Waals surface area contributed by atoms with Crippen molar-refractivity contribution < 1.29 is 13.2 Å². The summed E-state index contributed by atoms with van der Waals surface area (Å²) in [6.07, 6.45) is -5.06. The van der Waals surface area contributed by atoms with E-state index < -0.39 is 18.6 Å². The molecule has 2 nitrogen and oxygen atoms in total. The van der Waals surface area contributed by atoms with Gasteiger partial charge in [-0.05, 0) is 11.6 Å². The van der Waals surface area contributed by atoms with Gasteiger partial charge >= 0.3 is 6.18 Å². The molecule has 0 radical (unpaired) electrons. The van der Waals surface area contributed by atoms with Crippen molar-refractivity contribution in [2.75, 3.05) is 26.2 Å². The Morgan fingerprint density at radius 3 is 2.35 bits per heavy atom. The molecular weight excluding hydrogens is 312 g/mol. The van der Waals surface area contributed by atoms with Crippen LogP contribution in [0.3, 0.4) is 0 Å². The van der Waals surface area contributed by atoms with Crippen molar-refractivity contribution in [1.29, 1.82) is 0 Å². The molecule has 7 heteroatoms. The van der Waals surface area contributed by atoms with Crippen LogP contribution in [0.2, 0.25) is 5.02 Å². The first-order valence-corrected chi connectivity index (χ1v) is 6.61. The Balaban J connectivity index is 0.00000200. The largest absolute Gasteiger partial charge is 0.390 e. The van der Waals surface area contributed by atoms with E-state index in [2.05, 4.69) is 5.32 Å². The molecular formula is C13H17Cl2F3N2. The summed E-state index contributed by atoms with van der Waals surface area (Å²) >= 11 is 6.06. The quantitative estimate of drug-likeness (QED) is 0.910. The van der Waals surface area contributed by atoms with Crippen molar-refractivity contribution in [1.82, 2.24) is 10.2 Å². The molecule has 2 rings (SSSR count). The zero-order valence-electron chi connectivity index (χ0n) is 10.8. The highest BCUT2D eigenvalue weighted by atomic mass is 35.5. The number of rotatable bonds is 3. The van der Waals surface area contributed by atoms with Crippen LogP contribution >= 0.6 is 24.0 Å². The van der Waals surface area contributed by atoms with Gasteiger partial charge in [-0.2, -0.15) is 13.2 Å². The van der Waals surface area contributed by atoms with Gasteiger partial charge in [-0.15, -0.1) is 12.4 Å². The van der Waals surface area contributed by atoms with Crippen LogP contribution in [0.25, 0.3) is 0 Å². The van der Waals surface area contributed by atoms with Gasteiger partial charge in [0, 0.05) is 37.2 Å². The lowest BCUT2D eigenvalue weighted by molar-refractivity contribution is -0.148. The summed E-state index contributed by atoms with van der Waals surface area (Å²) in [6, 6.07) is 6.08. The van der Waals surface area contributed by atoms with Crippen LogP contribution in [0.1, 0.15) is 18.0 Å². The number of nitrogens with zero attached hydrogens (tertiary/aromatic N) is 1. The molecule has 1 aliphatic heterocycles. The van der Waals surface area contributed by atoms with E-state index in [-0.39, 0.29) is 12.4 Å². The fourth-order valence-corrected chi connectivity index (χ4v) is 2.66. The second kappa shape index (κ2) is 7.50. The number of hydrogen-bond acceptors (Lipinski definition) is 2. The predicted molar refractivity (Wildman–Crippen MR) is 76.6 cm³/mol. The Morgan fingerprint density at radius 2 is 1.80 bits per heavy atom. The first-order valence-electron chi connectivity index (χ1n) is 6.23. The minimum atomic E-state index is -4.20. The summed E-state index contributed by atoms with van der Waals surface area (Å²) in [5.41, 5.74) is 0.559. The van der Waals surface area contributed by atoms with Crippen LogP contribution in [-0.4, -0.2) is 37.3 Å². The molecule has 0 spiro atoms. The van der Waals surface area contributed by atoms with Crippen LogP contribution < -0.4 is 5.32 Å². The van der Waals surface area contributed by atoms with Crippen LogP contribution in [0.15, 0.2) is 24.3 Å². The third-order valence-electron chi connectivity index (χ3n) is 3.28. The molecule has 1 heterocycles. The van der Waals surface area contributed by atoms with Crippen molar-refractivity contribution in [3.63, 3.8) is 0 Å². The summed E-state index contributed by atoms with van der Waals surface area (Å²) in [7, 11) is 0. The summed E-state index contributed by atoms with van der Waals surface area (Å²) in [6.45, 7) is 2.62. The molecule has 0 amide bonds. The number of halogens is 5. The molecule has 1 N–H and O–H groups in total. The number of piperazine rings is 1. The topological polar surface area (TPSA) is 15.3 Å². The van der Waals surface area contributed by atoms with Crippen LogP contribution in [0, 0.1) is 0 Å². The van der Waals surface area contributed by atoms with Crippen LogP contribution in [0.5, 0.6) is 0 Å². The second-order valence-corrected chi connectivity index (χ2v) is 5.05. The fourth-order valence-electron chi connectivity index (χ4n) is 2.39. The van der Waals surface area contributed by atoms with Crippen LogP contribution in [-0.2, 0) is 0 Å². The summed E-state index contributed by atoms with van der Waals surface area (Å²) in [4.78, 5) is 1.85. The molecule has 0 bridgehead atoms. The number of benzene rings is 1. The second-order valence-electron chi connectivity index (χ2n) is 4.64. The zero-order chi connectivity index (χ0) is 13.9. The minimum Gasteiger partial charge on any atom is -0.314 e. The SMILES string of the molecule is Cl.FC(F)(F)C[C@H](c1ccccc1Cl)N1CCNCC1.